The first-order valence-corrected chi connectivity index (χ1v) is 5.71. The SMILES string of the molecule is CC(C)c1ncc(N)c(C(=O)NCC(F)(F)C(F)F)n1. The Bertz CT molecular complexity index is 493. The molecule has 0 aliphatic carbocycles. The van der Waals surface area contributed by atoms with Crippen LogP contribution in [0.4, 0.5) is 23.2 Å². The second kappa shape index (κ2) is 6.02. The zero-order chi connectivity index (χ0) is 15.5. The third-order valence-corrected chi connectivity index (χ3v) is 2.37. The first-order valence-electron chi connectivity index (χ1n) is 5.71. The highest BCUT2D eigenvalue weighted by Gasteiger charge is 2.41. The molecule has 1 heterocycles. The van der Waals surface area contributed by atoms with Crippen LogP contribution in [0.25, 0.3) is 0 Å². The number of nitrogens with one attached hydrogen (secondary N) is 1. The van der Waals surface area contributed by atoms with Crippen molar-refractivity contribution in [3.8, 4) is 0 Å². The van der Waals surface area contributed by atoms with Crippen LogP contribution in [0.15, 0.2) is 6.20 Å². The molecule has 1 aromatic rings. The fourth-order valence-electron chi connectivity index (χ4n) is 1.22. The molecule has 0 saturated heterocycles. The number of halogens is 4. The lowest BCUT2D eigenvalue weighted by Crippen LogP contribution is -2.41. The van der Waals surface area contributed by atoms with Gasteiger partial charge in [-0.05, 0) is 0 Å². The van der Waals surface area contributed by atoms with Crippen molar-refractivity contribution in [2.75, 3.05) is 12.3 Å². The monoisotopic (exact) mass is 294 g/mol. The number of anilines is 1. The summed E-state index contributed by atoms with van der Waals surface area (Å²) in [5, 5.41) is 1.69. The summed E-state index contributed by atoms with van der Waals surface area (Å²) in [6.45, 7) is 2.03. The summed E-state index contributed by atoms with van der Waals surface area (Å²) in [4.78, 5) is 19.4. The second-order valence-corrected chi connectivity index (χ2v) is 4.43. The minimum atomic E-state index is -4.31. The lowest BCUT2D eigenvalue weighted by atomic mass is 10.2. The average molecular weight is 294 g/mol. The maximum absolute atomic E-state index is 12.7. The van der Waals surface area contributed by atoms with Crippen molar-refractivity contribution in [3.05, 3.63) is 17.7 Å². The summed E-state index contributed by atoms with van der Waals surface area (Å²) >= 11 is 0. The molecule has 0 radical (unpaired) electrons. The number of carbonyl (C=O) groups excluding carboxylic acids is 1. The average Bonchev–Trinajstić information content (AvgIpc) is 2.36. The molecule has 0 bridgehead atoms. The van der Waals surface area contributed by atoms with Crippen molar-refractivity contribution >= 4 is 11.6 Å². The number of amides is 1. The van der Waals surface area contributed by atoms with Crippen molar-refractivity contribution in [1.82, 2.24) is 15.3 Å². The van der Waals surface area contributed by atoms with E-state index in [0.29, 0.717) is 5.82 Å². The Balaban J connectivity index is 2.85. The zero-order valence-electron chi connectivity index (χ0n) is 10.8. The van der Waals surface area contributed by atoms with Gasteiger partial charge >= 0.3 is 12.3 Å². The highest BCUT2D eigenvalue weighted by molar-refractivity contribution is 5.96. The van der Waals surface area contributed by atoms with Crippen LogP contribution in [0.5, 0.6) is 0 Å². The maximum Gasteiger partial charge on any atom is 0.324 e. The third kappa shape index (κ3) is 3.78. The molecule has 0 aromatic carbocycles. The molecule has 0 spiro atoms. The summed E-state index contributed by atoms with van der Waals surface area (Å²) in [5.41, 5.74) is 5.04. The van der Waals surface area contributed by atoms with Crippen LogP contribution in [0.1, 0.15) is 36.1 Å². The fraction of sp³-hybridized carbons (Fsp3) is 0.545. The smallest absolute Gasteiger partial charge is 0.324 e. The van der Waals surface area contributed by atoms with E-state index in [0.717, 1.165) is 0 Å². The van der Waals surface area contributed by atoms with Gasteiger partial charge in [-0.25, -0.2) is 18.7 Å². The van der Waals surface area contributed by atoms with Crippen LogP contribution >= 0.6 is 0 Å². The largest absolute Gasteiger partial charge is 0.396 e. The number of nitrogens with zero attached hydrogens (tertiary/aromatic N) is 2. The summed E-state index contributed by atoms with van der Waals surface area (Å²) in [6.07, 6.45) is -2.69. The Morgan fingerprint density at radius 2 is 2.05 bits per heavy atom. The van der Waals surface area contributed by atoms with Crippen LogP contribution in [0.3, 0.4) is 0 Å². The molecule has 0 unspecified atom stereocenters. The van der Waals surface area contributed by atoms with Gasteiger partial charge in [-0.1, -0.05) is 13.8 Å². The number of alkyl halides is 4. The number of rotatable bonds is 5. The predicted octanol–water partition coefficient (Wildman–Crippen LogP) is 1.81. The van der Waals surface area contributed by atoms with Gasteiger partial charge < -0.3 is 11.1 Å². The van der Waals surface area contributed by atoms with Crippen molar-refractivity contribution in [1.29, 1.82) is 0 Å². The molecular formula is C11H14F4N4O. The van der Waals surface area contributed by atoms with E-state index in [4.69, 9.17) is 5.73 Å². The van der Waals surface area contributed by atoms with Gasteiger partial charge in [-0.3, -0.25) is 4.79 Å². The summed E-state index contributed by atoms with van der Waals surface area (Å²) in [5.74, 6) is -5.17. The zero-order valence-corrected chi connectivity index (χ0v) is 10.8. The van der Waals surface area contributed by atoms with Gasteiger partial charge in [0, 0.05) is 5.92 Å². The molecule has 1 amide bonds. The molecule has 9 heteroatoms. The molecule has 5 nitrogen and oxygen atoms in total. The Morgan fingerprint density at radius 1 is 1.45 bits per heavy atom. The van der Waals surface area contributed by atoms with E-state index in [1.54, 1.807) is 19.2 Å². The number of carbonyl (C=O) groups is 1. The Labute approximate surface area is 112 Å². The number of nitrogens with two attached hydrogens (primary N) is 1. The van der Waals surface area contributed by atoms with Crippen molar-refractivity contribution in [3.63, 3.8) is 0 Å². The fourth-order valence-corrected chi connectivity index (χ4v) is 1.22. The van der Waals surface area contributed by atoms with Crippen LogP contribution in [0, 0.1) is 0 Å². The molecule has 0 aliphatic rings. The molecular weight excluding hydrogens is 280 g/mol. The van der Waals surface area contributed by atoms with E-state index in [1.165, 1.54) is 6.20 Å². The van der Waals surface area contributed by atoms with Crippen LogP contribution < -0.4 is 11.1 Å². The van der Waals surface area contributed by atoms with Gasteiger partial charge in [0.15, 0.2) is 5.69 Å². The van der Waals surface area contributed by atoms with E-state index < -0.39 is 24.8 Å². The molecule has 0 fully saturated rings. The number of aromatic nitrogens is 2. The summed E-state index contributed by atoms with van der Waals surface area (Å²) in [6, 6.07) is 0. The molecule has 1 aromatic heterocycles. The van der Waals surface area contributed by atoms with E-state index in [2.05, 4.69) is 9.97 Å². The lowest BCUT2D eigenvalue weighted by molar-refractivity contribution is -0.123. The Morgan fingerprint density at radius 3 is 2.55 bits per heavy atom. The molecule has 0 saturated carbocycles. The maximum atomic E-state index is 12.7. The molecule has 0 aliphatic heterocycles. The van der Waals surface area contributed by atoms with Crippen molar-refractivity contribution < 1.29 is 22.4 Å². The minimum absolute atomic E-state index is 0.107. The van der Waals surface area contributed by atoms with Gasteiger partial charge in [0.25, 0.3) is 5.91 Å². The van der Waals surface area contributed by atoms with Crippen LogP contribution in [-0.2, 0) is 0 Å². The normalized spacial score (nSPS) is 12.0. The Hall–Kier alpha value is -1.93. The molecule has 3 N–H and O–H groups in total. The van der Waals surface area contributed by atoms with Crippen LogP contribution in [0.2, 0.25) is 0 Å². The highest BCUT2D eigenvalue weighted by atomic mass is 19.3. The standard InChI is InChI=1S/C11H14F4N4O/c1-5(2)8-17-3-6(16)7(19-8)9(20)18-4-11(14,15)10(12)13/h3,5,10H,4,16H2,1-2H3,(H,18,20). The van der Waals surface area contributed by atoms with Gasteiger partial charge in [-0.2, -0.15) is 8.78 Å². The van der Waals surface area contributed by atoms with E-state index in [9.17, 15) is 22.4 Å². The summed E-state index contributed by atoms with van der Waals surface area (Å²) < 4.78 is 49.3. The first kappa shape index (κ1) is 16.1. The highest BCUT2D eigenvalue weighted by Crippen LogP contribution is 2.21. The molecule has 1 rings (SSSR count). The number of hydrogen-bond acceptors (Lipinski definition) is 4. The number of hydrogen-bond donors (Lipinski definition) is 2. The molecule has 0 atom stereocenters. The summed E-state index contributed by atoms with van der Waals surface area (Å²) in [7, 11) is 0. The first-order chi connectivity index (χ1) is 9.15. The quantitative estimate of drug-likeness (QED) is 0.812. The Kier molecular flexibility index (Phi) is 4.85. The second-order valence-electron chi connectivity index (χ2n) is 4.43. The number of nitrogen functional groups attached to an aromatic ring is 1. The topological polar surface area (TPSA) is 80.9 Å². The van der Waals surface area contributed by atoms with E-state index in [-0.39, 0.29) is 17.3 Å². The molecule has 112 valence electrons. The minimum Gasteiger partial charge on any atom is -0.396 e. The van der Waals surface area contributed by atoms with Crippen molar-refractivity contribution in [2.24, 2.45) is 0 Å². The van der Waals surface area contributed by atoms with Gasteiger partial charge in [0.2, 0.25) is 0 Å². The lowest BCUT2D eigenvalue weighted by Gasteiger charge is -2.16. The third-order valence-electron chi connectivity index (χ3n) is 2.37. The predicted molar refractivity (Wildman–Crippen MR) is 63.8 cm³/mol. The van der Waals surface area contributed by atoms with Crippen molar-refractivity contribution in [2.45, 2.75) is 32.1 Å². The van der Waals surface area contributed by atoms with Crippen LogP contribution in [-0.4, -0.2) is 34.8 Å². The van der Waals surface area contributed by atoms with Gasteiger partial charge in [0.1, 0.15) is 5.82 Å². The van der Waals surface area contributed by atoms with E-state index in [1.807, 2.05) is 0 Å². The van der Waals surface area contributed by atoms with Gasteiger partial charge in [0.05, 0.1) is 18.4 Å². The van der Waals surface area contributed by atoms with Gasteiger partial charge in [-0.15, -0.1) is 0 Å². The van der Waals surface area contributed by atoms with E-state index >= 15 is 0 Å². The molecule has 20 heavy (non-hydrogen) atoms.